The van der Waals surface area contributed by atoms with Crippen LogP contribution in [0.1, 0.15) is 109 Å². The predicted octanol–water partition coefficient (Wildman–Crippen LogP) is 8.94. The average molecular weight is 511 g/mol. The molecule has 0 bridgehead atoms. The fourth-order valence-corrected chi connectivity index (χ4v) is 4.08. The van der Waals surface area contributed by atoms with Crippen molar-refractivity contribution in [3.05, 3.63) is 60.2 Å². The molecule has 204 valence electrons. The molecule has 0 saturated carbocycles. The molecular formula is C32H46O5. The first-order chi connectivity index (χ1) is 18.2. The predicted molar refractivity (Wildman–Crippen MR) is 149 cm³/mol. The van der Waals surface area contributed by atoms with E-state index in [2.05, 4.69) is 6.92 Å². The molecule has 0 aliphatic heterocycles. The van der Waals surface area contributed by atoms with Gasteiger partial charge in [-0.05, 0) is 49.1 Å². The van der Waals surface area contributed by atoms with Crippen LogP contribution in [0.2, 0.25) is 0 Å². The highest BCUT2D eigenvalue weighted by Crippen LogP contribution is 2.21. The molecule has 0 heterocycles. The van der Waals surface area contributed by atoms with E-state index in [4.69, 9.17) is 14.2 Å². The first kappa shape index (κ1) is 30.4. The van der Waals surface area contributed by atoms with E-state index in [9.17, 15) is 9.59 Å². The molecular weight excluding hydrogens is 464 g/mol. The molecule has 0 spiro atoms. The molecule has 0 aliphatic carbocycles. The standard InChI is InChI=1S/C32H46O5/c1-2-3-4-5-8-11-17-26-35-31(33)20-15-9-6-7-10-16-21-32(34)36-27-28-22-24-30(25-23-28)37-29-18-13-12-14-19-29/h12-14,18-19,22-25H,2-11,15-17,20-21,26-27H2,1H3. The summed E-state index contributed by atoms with van der Waals surface area (Å²) in [7, 11) is 0. The molecule has 0 N–H and O–H groups in total. The zero-order valence-electron chi connectivity index (χ0n) is 22.8. The van der Waals surface area contributed by atoms with Crippen LogP contribution >= 0.6 is 0 Å². The van der Waals surface area contributed by atoms with E-state index in [1.165, 1.54) is 32.1 Å². The lowest BCUT2D eigenvalue weighted by atomic mass is 10.1. The van der Waals surface area contributed by atoms with Crippen molar-refractivity contribution >= 4 is 11.9 Å². The van der Waals surface area contributed by atoms with Gasteiger partial charge >= 0.3 is 11.9 Å². The van der Waals surface area contributed by atoms with Crippen molar-refractivity contribution in [3.63, 3.8) is 0 Å². The monoisotopic (exact) mass is 510 g/mol. The van der Waals surface area contributed by atoms with E-state index in [0.717, 1.165) is 68.4 Å². The molecule has 0 aliphatic rings. The topological polar surface area (TPSA) is 61.8 Å². The Morgan fingerprint density at radius 1 is 0.568 bits per heavy atom. The SMILES string of the molecule is CCCCCCCCCOC(=O)CCCCCCCCC(=O)OCc1ccc(Oc2ccccc2)cc1. The summed E-state index contributed by atoms with van der Waals surface area (Å²) in [5, 5.41) is 0. The van der Waals surface area contributed by atoms with Crippen LogP contribution in [0, 0.1) is 0 Å². The zero-order chi connectivity index (χ0) is 26.4. The van der Waals surface area contributed by atoms with Crippen molar-refractivity contribution in [2.75, 3.05) is 6.61 Å². The highest BCUT2D eigenvalue weighted by Gasteiger charge is 2.05. The number of carbonyl (C=O) groups is 2. The number of hydrogen-bond acceptors (Lipinski definition) is 5. The van der Waals surface area contributed by atoms with E-state index in [0.29, 0.717) is 19.4 Å². The number of carbonyl (C=O) groups excluding carboxylic acids is 2. The van der Waals surface area contributed by atoms with Crippen molar-refractivity contribution in [2.45, 2.75) is 110 Å². The maximum Gasteiger partial charge on any atom is 0.306 e. The molecule has 0 amide bonds. The Kier molecular flexibility index (Phi) is 16.6. The van der Waals surface area contributed by atoms with Gasteiger partial charge in [0.15, 0.2) is 0 Å². The zero-order valence-corrected chi connectivity index (χ0v) is 22.8. The Balaban J connectivity index is 1.39. The smallest absolute Gasteiger partial charge is 0.306 e. The molecule has 0 aromatic heterocycles. The van der Waals surface area contributed by atoms with Gasteiger partial charge in [-0.2, -0.15) is 0 Å². The summed E-state index contributed by atoms with van der Waals surface area (Å²) in [4.78, 5) is 23.8. The fourth-order valence-electron chi connectivity index (χ4n) is 4.08. The summed E-state index contributed by atoms with van der Waals surface area (Å²) in [6.07, 6.45) is 15.5. The third-order valence-corrected chi connectivity index (χ3v) is 6.32. The third-order valence-electron chi connectivity index (χ3n) is 6.32. The molecule has 2 aromatic carbocycles. The lowest BCUT2D eigenvalue weighted by Crippen LogP contribution is -2.05. The van der Waals surface area contributed by atoms with Crippen LogP contribution in [0.25, 0.3) is 0 Å². The Morgan fingerprint density at radius 3 is 1.70 bits per heavy atom. The Bertz CT molecular complexity index is 847. The first-order valence-corrected chi connectivity index (χ1v) is 14.3. The summed E-state index contributed by atoms with van der Waals surface area (Å²) >= 11 is 0. The quantitative estimate of drug-likeness (QED) is 0.124. The Morgan fingerprint density at radius 2 is 1.08 bits per heavy atom. The van der Waals surface area contributed by atoms with E-state index >= 15 is 0 Å². The second-order valence-corrected chi connectivity index (χ2v) is 9.68. The van der Waals surface area contributed by atoms with Crippen molar-refractivity contribution < 1.29 is 23.8 Å². The molecule has 5 heteroatoms. The van der Waals surface area contributed by atoms with Gasteiger partial charge in [0.25, 0.3) is 0 Å². The molecule has 0 atom stereocenters. The maximum absolute atomic E-state index is 12.0. The van der Waals surface area contributed by atoms with Gasteiger partial charge in [-0.1, -0.05) is 101 Å². The molecule has 2 rings (SSSR count). The number of ether oxygens (including phenoxy) is 3. The van der Waals surface area contributed by atoms with E-state index in [1.54, 1.807) is 0 Å². The fraction of sp³-hybridized carbons (Fsp3) is 0.562. The number of unbranched alkanes of at least 4 members (excludes halogenated alkanes) is 11. The van der Waals surface area contributed by atoms with Crippen LogP contribution in [0.4, 0.5) is 0 Å². The minimum Gasteiger partial charge on any atom is -0.466 e. The van der Waals surface area contributed by atoms with E-state index in [1.807, 2.05) is 54.6 Å². The molecule has 5 nitrogen and oxygen atoms in total. The molecule has 0 unspecified atom stereocenters. The largest absolute Gasteiger partial charge is 0.466 e. The van der Waals surface area contributed by atoms with Crippen LogP contribution in [0.5, 0.6) is 11.5 Å². The third kappa shape index (κ3) is 15.8. The highest BCUT2D eigenvalue weighted by atomic mass is 16.5. The summed E-state index contributed by atoms with van der Waals surface area (Å²) in [5.41, 5.74) is 0.940. The second-order valence-electron chi connectivity index (χ2n) is 9.68. The van der Waals surface area contributed by atoms with Crippen molar-refractivity contribution in [1.29, 1.82) is 0 Å². The number of para-hydroxylation sites is 1. The minimum absolute atomic E-state index is 0.0629. The van der Waals surface area contributed by atoms with Crippen LogP contribution in [-0.4, -0.2) is 18.5 Å². The summed E-state index contributed by atoms with van der Waals surface area (Å²) in [6.45, 7) is 3.07. The van der Waals surface area contributed by atoms with Gasteiger partial charge in [0, 0.05) is 12.8 Å². The van der Waals surface area contributed by atoms with E-state index < -0.39 is 0 Å². The van der Waals surface area contributed by atoms with Crippen LogP contribution in [0.3, 0.4) is 0 Å². The molecule has 0 saturated heterocycles. The molecule has 2 aromatic rings. The molecule has 0 fully saturated rings. The number of hydrogen-bond donors (Lipinski definition) is 0. The van der Waals surface area contributed by atoms with Crippen LogP contribution in [0.15, 0.2) is 54.6 Å². The number of esters is 2. The van der Waals surface area contributed by atoms with Gasteiger partial charge in [0.2, 0.25) is 0 Å². The van der Waals surface area contributed by atoms with E-state index in [-0.39, 0.29) is 18.5 Å². The van der Waals surface area contributed by atoms with Crippen molar-refractivity contribution in [2.24, 2.45) is 0 Å². The Hall–Kier alpha value is -2.82. The summed E-state index contributed by atoms with van der Waals surface area (Å²) in [5.74, 6) is 1.32. The van der Waals surface area contributed by atoms with Crippen molar-refractivity contribution in [3.8, 4) is 11.5 Å². The minimum atomic E-state index is -0.159. The number of benzene rings is 2. The van der Waals surface area contributed by atoms with Gasteiger partial charge in [-0.25, -0.2) is 0 Å². The lowest BCUT2D eigenvalue weighted by Gasteiger charge is -2.08. The van der Waals surface area contributed by atoms with Gasteiger partial charge in [-0.3, -0.25) is 9.59 Å². The summed E-state index contributed by atoms with van der Waals surface area (Å²) < 4.78 is 16.5. The van der Waals surface area contributed by atoms with Crippen LogP contribution in [-0.2, 0) is 25.7 Å². The average Bonchev–Trinajstić information content (AvgIpc) is 2.92. The van der Waals surface area contributed by atoms with Gasteiger partial charge in [-0.15, -0.1) is 0 Å². The van der Waals surface area contributed by atoms with Crippen LogP contribution < -0.4 is 4.74 Å². The normalized spacial score (nSPS) is 10.7. The second kappa shape index (κ2) is 20.3. The highest BCUT2D eigenvalue weighted by molar-refractivity contribution is 5.69. The Labute approximate surface area is 223 Å². The van der Waals surface area contributed by atoms with Gasteiger partial charge in [0.1, 0.15) is 18.1 Å². The molecule has 0 radical (unpaired) electrons. The van der Waals surface area contributed by atoms with Crippen molar-refractivity contribution in [1.82, 2.24) is 0 Å². The summed E-state index contributed by atoms with van der Waals surface area (Å²) in [6, 6.07) is 17.2. The maximum atomic E-state index is 12.0. The number of rotatable bonds is 21. The van der Waals surface area contributed by atoms with Gasteiger partial charge < -0.3 is 14.2 Å². The lowest BCUT2D eigenvalue weighted by molar-refractivity contribution is -0.145. The van der Waals surface area contributed by atoms with Gasteiger partial charge in [0.05, 0.1) is 6.61 Å². The molecule has 37 heavy (non-hydrogen) atoms. The first-order valence-electron chi connectivity index (χ1n) is 14.3.